The van der Waals surface area contributed by atoms with Gasteiger partial charge in [-0.1, -0.05) is 48.0 Å². The number of nitrogens with one attached hydrogen (secondary N) is 2. The molecule has 0 aromatic heterocycles. The van der Waals surface area contributed by atoms with E-state index < -0.39 is 0 Å². The van der Waals surface area contributed by atoms with Crippen molar-refractivity contribution in [1.82, 2.24) is 5.32 Å². The fourth-order valence-corrected chi connectivity index (χ4v) is 4.12. The number of guanidine groups is 1. The highest BCUT2D eigenvalue weighted by molar-refractivity contribution is 5.98. The van der Waals surface area contributed by atoms with Crippen molar-refractivity contribution in [1.29, 1.82) is 5.41 Å². The van der Waals surface area contributed by atoms with Gasteiger partial charge in [0.05, 0.1) is 11.7 Å². The van der Waals surface area contributed by atoms with E-state index >= 15 is 0 Å². The van der Waals surface area contributed by atoms with Crippen molar-refractivity contribution in [3.63, 3.8) is 0 Å². The van der Waals surface area contributed by atoms with Gasteiger partial charge >= 0.3 is 0 Å². The third kappa shape index (κ3) is 3.33. The van der Waals surface area contributed by atoms with Gasteiger partial charge in [0, 0.05) is 6.54 Å². The molecule has 1 saturated heterocycles. The molecule has 0 saturated carbocycles. The molecule has 0 spiro atoms. The van der Waals surface area contributed by atoms with E-state index in [0.29, 0.717) is 12.5 Å². The van der Waals surface area contributed by atoms with E-state index in [4.69, 9.17) is 10.1 Å². The van der Waals surface area contributed by atoms with Crippen LogP contribution in [0.3, 0.4) is 0 Å². The van der Waals surface area contributed by atoms with Crippen LogP contribution < -0.4 is 15.0 Å². The number of ether oxygens (including phenoxy) is 1. The van der Waals surface area contributed by atoms with Gasteiger partial charge in [0.15, 0.2) is 11.7 Å². The van der Waals surface area contributed by atoms with E-state index in [0.717, 1.165) is 17.2 Å². The van der Waals surface area contributed by atoms with Crippen LogP contribution >= 0.6 is 0 Å². The van der Waals surface area contributed by atoms with Crippen LogP contribution in [0.2, 0.25) is 0 Å². The van der Waals surface area contributed by atoms with Gasteiger partial charge in [-0.3, -0.25) is 5.41 Å². The highest BCUT2D eigenvalue weighted by atomic mass is 16.5. The Hall–Kier alpha value is -3.27. The number of hydrogen-bond acceptors (Lipinski definition) is 2. The maximum Gasteiger partial charge on any atom is 0.196 e. The molecule has 28 heavy (non-hydrogen) atoms. The molecular formula is C24H25N3O. The molecule has 0 amide bonds. The minimum Gasteiger partial charge on any atom is -0.455 e. The van der Waals surface area contributed by atoms with Crippen LogP contribution in [0.4, 0.5) is 5.69 Å². The molecule has 1 aliphatic rings. The zero-order valence-corrected chi connectivity index (χ0v) is 16.5. The summed E-state index contributed by atoms with van der Waals surface area (Å²) in [5.74, 6) is 1.93. The van der Waals surface area contributed by atoms with Crippen molar-refractivity contribution >= 4 is 11.6 Å². The Labute approximate surface area is 166 Å². The fraction of sp³-hybridized carbons (Fsp3) is 0.208. The number of benzene rings is 3. The fourth-order valence-electron chi connectivity index (χ4n) is 4.12. The highest BCUT2D eigenvalue weighted by Gasteiger charge is 2.34. The summed E-state index contributed by atoms with van der Waals surface area (Å²) in [5.41, 5.74) is 5.94. The first kappa shape index (κ1) is 18.1. The zero-order chi connectivity index (χ0) is 19.7. The Morgan fingerprint density at radius 2 is 1.57 bits per heavy atom. The molecule has 0 radical (unpaired) electrons. The van der Waals surface area contributed by atoms with Crippen molar-refractivity contribution in [3.05, 3.63) is 89.0 Å². The van der Waals surface area contributed by atoms with Crippen molar-refractivity contribution in [2.24, 2.45) is 0 Å². The summed E-state index contributed by atoms with van der Waals surface area (Å²) >= 11 is 0. The van der Waals surface area contributed by atoms with Crippen LogP contribution in [0, 0.1) is 26.2 Å². The van der Waals surface area contributed by atoms with Gasteiger partial charge in [-0.2, -0.15) is 0 Å². The van der Waals surface area contributed by atoms with Gasteiger partial charge in [0.2, 0.25) is 0 Å². The predicted molar refractivity (Wildman–Crippen MR) is 115 cm³/mol. The summed E-state index contributed by atoms with van der Waals surface area (Å²) in [6.45, 7) is 7.13. The number of rotatable bonds is 4. The third-order valence-corrected chi connectivity index (χ3v) is 5.18. The molecule has 4 nitrogen and oxygen atoms in total. The van der Waals surface area contributed by atoms with E-state index in [1.165, 1.54) is 22.3 Å². The number of hydrogen-bond donors (Lipinski definition) is 2. The van der Waals surface area contributed by atoms with Gasteiger partial charge in [0.25, 0.3) is 0 Å². The maximum absolute atomic E-state index is 8.54. The van der Waals surface area contributed by atoms with Crippen molar-refractivity contribution < 1.29 is 4.74 Å². The normalized spacial score (nSPS) is 16.2. The molecule has 1 fully saturated rings. The second-order valence-corrected chi connectivity index (χ2v) is 7.31. The quantitative estimate of drug-likeness (QED) is 0.637. The molecule has 3 aromatic rings. The minimum atomic E-state index is 0.0497. The maximum atomic E-state index is 8.54. The van der Waals surface area contributed by atoms with Crippen LogP contribution in [0.25, 0.3) is 0 Å². The molecular weight excluding hydrogens is 346 g/mol. The van der Waals surface area contributed by atoms with Gasteiger partial charge in [-0.15, -0.1) is 0 Å². The van der Waals surface area contributed by atoms with Crippen molar-refractivity contribution in [2.45, 2.75) is 26.8 Å². The summed E-state index contributed by atoms with van der Waals surface area (Å²) in [6.07, 6.45) is 0. The Morgan fingerprint density at radius 1 is 0.929 bits per heavy atom. The summed E-state index contributed by atoms with van der Waals surface area (Å²) in [6, 6.07) is 22.2. The molecule has 4 heteroatoms. The summed E-state index contributed by atoms with van der Waals surface area (Å²) in [5, 5.41) is 11.8. The van der Waals surface area contributed by atoms with Crippen LogP contribution in [0.15, 0.2) is 66.7 Å². The molecule has 1 atom stereocenters. The minimum absolute atomic E-state index is 0.0497. The molecule has 3 aromatic carbocycles. The van der Waals surface area contributed by atoms with E-state index in [1.54, 1.807) is 0 Å². The van der Waals surface area contributed by atoms with Crippen LogP contribution in [0.1, 0.15) is 28.3 Å². The van der Waals surface area contributed by atoms with Gasteiger partial charge in [0.1, 0.15) is 5.75 Å². The first-order valence-electron chi connectivity index (χ1n) is 9.56. The zero-order valence-electron chi connectivity index (χ0n) is 16.5. The lowest BCUT2D eigenvalue weighted by molar-refractivity contribution is 0.482. The lowest BCUT2D eigenvalue weighted by atomic mass is 9.93. The number of anilines is 1. The van der Waals surface area contributed by atoms with Crippen molar-refractivity contribution in [2.75, 3.05) is 11.4 Å². The number of para-hydroxylation sites is 3. The highest BCUT2D eigenvalue weighted by Crippen LogP contribution is 2.40. The first-order valence-corrected chi connectivity index (χ1v) is 9.56. The number of aryl methyl sites for hydroxylation is 3. The van der Waals surface area contributed by atoms with Gasteiger partial charge < -0.3 is 15.0 Å². The molecule has 1 aliphatic heterocycles. The largest absolute Gasteiger partial charge is 0.455 e. The Balaban J connectivity index is 1.77. The molecule has 0 bridgehead atoms. The molecule has 4 rings (SSSR count). The van der Waals surface area contributed by atoms with Crippen LogP contribution in [0.5, 0.6) is 11.5 Å². The molecule has 142 valence electrons. The summed E-state index contributed by atoms with van der Waals surface area (Å²) in [7, 11) is 0. The van der Waals surface area contributed by atoms with E-state index in [2.05, 4.69) is 38.2 Å². The number of nitrogens with zero attached hydrogens (tertiary/aromatic N) is 1. The monoisotopic (exact) mass is 371 g/mol. The lowest BCUT2D eigenvalue weighted by Crippen LogP contribution is -2.31. The molecule has 1 unspecified atom stereocenters. The molecule has 0 aliphatic carbocycles. The smallest absolute Gasteiger partial charge is 0.196 e. The average molecular weight is 371 g/mol. The first-order chi connectivity index (χ1) is 13.5. The Bertz CT molecular complexity index is 990. The second kappa shape index (κ2) is 7.39. The topological polar surface area (TPSA) is 48.4 Å². The third-order valence-electron chi connectivity index (χ3n) is 5.18. The van der Waals surface area contributed by atoms with Crippen molar-refractivity contribution in [3.8, 4) is 11.5 Å². The van der Waals surface area contributed by atoms with Gasteiger partial charge in [-0.05, 0) is 61.7 Å². The SMILES string of the molecule is Cc1cc(C)c(C2CNC(=N)N2c2ccccc2Oc2ccccc2)c(C)c1. The Kier molecular flexibility index (Phi) is 4.78. The lowest BCUT2D eigenvalue weighted by Gasteiger charge is -2.29. The Morgan fingerprint density at radius 3 is 2.29 bits per heavy atom. The van der Waals surface area contributed by atoms with Crippen LogP contribution in [-0.4, -0.2) is 12.5 Å². The van der Waals surface area contributed by atoms with E-state index in [-0.39, 0.29) is 6.04 Å². The molecule has 1 heterocycles. The summed E-state index contributed by atoms with van der Waals surface area (Å²) < 4.78 is 6.17. The van der Waals surface area contributed by atoms with Crippen LogP contribution in [-0.2, 0) is 0 Å². The second-order valence-electron chi connectivity index (χ2n) is 7.31. The summed E-state index contributed by atoms with van der Waals surface area (Å²) in [4.78, 5) is 2.04. The standard InChI is InChI=1S/C24H25N3O/c1-16-13-17(2)23(18(3)14-16)21-15-26-24(25)27(21)20-11-7-8-12-22(20)28-19-9-5-4-6-10-19/h4-14,21H,15H2,1-3H3,(H2,25,26). The van der Waals surface area contributed by atoms with E-state index in [1.807, 2.05) is 59.5 Å². The molecule has 2 N–H and O–H groups in total. The average Bonchev–Trinajstić information content (AvgIpc) is 3.03. The van der Waals surface area contributed by atoms with E-state index in [9.17, 15) is 0 Å². The van der Waals surface area contributed by atoms with Gasteiger partial charge in [-0.25, -0.2) is 0 Å². The predicted octanol–water partition coefficient (Wildman–Crippen LogP) is 5.49.